The molecule has 4 aromatic rings. The van der Waals surface area contributed by atoms with E-state index >= 15 is 0 Å². The predicted molar refractivity (Wildman–Crippen MR) is 149 cm³/mol. The summed E-state index contributed by atoms with van der Waals surface area (Å²) >= 11 is 0. The Labute approximate surface area is 223 Å². The maximum Gasteiger partial charge on any atom is 0.323 e. The first kappa shape index (κ1) is 26.7. The molecule has 0 unspecified atom stereocenters. The van der Waals surface area contributed by atoms with E-state index in [2.05, 4.69) is 15.5 Å². The Morgan fingerprint density at radius 2 is 1.68 bits per heavy atom. The van der Waals surface area contributed by atoms with Crippen LogP contribution >= 0.6 is 0 Å². The van der Waals surface area contributed by atoms with Crippen molar-refractivity contribution in [2.45, 2.75) is 6.92 Å². The van der Waals surface area contributed by atoms with E-state index in [9.17, 15) is 4.79 Å². The van der Waals surface area contributed by atoms with Gasteiger partial charge in [0.1, 0.15) is 6.61 Å². The van der Waals surface area contributed by atoms with Crippen LogP contribution in [-0.2, 0) is 0 Å². The molecule has 3 aromatic carbocycles. The highest BCUT2D eigenvalue weighted by Crippen LogP contribution is 2.31. The summed E-state index contributed by atoms with van der Waals surface area (Å²) in [5.41, 5.74) is 5.20. The lowest BCUT2D eigenvalue weighted by atomic mass is 9.97. The average molecular weight is 516 g/mol. The van der Waals surface area contributed by atoms with Crippen molar-refractivity contribution in [1.82, 2.24) is 15.0 Å². The Morgan fingerprint density at radius 1 is 0.947 bits per heavy atom. The molecule has 4 rings (SSSR count). The van der Waals surface area contributed by atoms with Crippen molar-refractivity contribution in [3.8, 4) is 34.0 Å². The third kappa shape index (κ3) is 6.30. The molecule has 0 saturated heterocycles. The van der Waals surface area contributed by atoms with Crippen LogP contribution in [0.4, 0.5) is 11.7 Å². The highest BCUT2D eigenvalue weighted by molar-refractivity contribution is 6.04. The molecule has 0 aliphatic heterocycles. The Hall–Kier alpha value is -4.37. The lowest BCUT2D eigenvalue weighted by molar-refractivity contribution is 0.102. The first-order valence-electron chi connectivity index (χ1n) is 12.2. The number of hydrogen-bond donors (Lipinski definition) is 1. The van der Waals surface area contributed by atoms with Crippen LogP contribution in [0.3, 0.4) is 0 Å². The van der Waals surface area contributed by atoms with Gasteiger partial charge < -0.3 is 29.1 Å². The van der Waals surface area contributed by atoms with Crippen LogP contribution in [0.15, 0.2) is 65.2 Å². The molecular formula is C29H33N5O4. The number of rotatable bonds is 10. The molecule has 1 heterocycles. The van der Waals surface area contributed by atoms with Crippen LogP contribution < -0.4 is 19.7 Å². The van der Waals surface area contributed by atoms with Gasteiger partial charge in [0.2, 0.25) is 5.82 Å². The minimum atomic E-state index is -0.207. The van der Waals surface area contributed by atoms with Gasteiger partial charge in [-0.15, -0.1) is 0 Å². The summed E-state index contributed by atoms with van der Waals surface area (Å²) in [5.74, 6) is 1.53. The van der Waals surface area contributed by atoms with E-state index in [0.717, 1.165) is 28.8 Å². The van der Waals surface area contributed by atoms with Crippen molar-refractivity contribution in [1.29, 1.82) is 0 Å². The summed E-state index contributed by atoms with van der Waals surface area (Å²) in [6.45, 7) is 3.31. The lowest BCUT2D eigenvalue weighted by Crippen LogP contribution is -2.19. The van der Waals surface area contributed by atoms with Gasteiger partial charge in [0, 0.05) is 43.5 Å². The second-order valence-electron chi connectivity index (χ2n) is 9.37. The van der Waals surface area contributed by atoms with Gasteiger partial charge in [-0.3, -0.25) is 4.79 Å². The van der Waals surface area contributed by atoms with Crippen LogP contribution in [0.1, 0.15) is 15.9 Å². The van der Waals surface area contributed by atoms with E-state index in [0.29, 0.717) is 41.2 Å². The quantitative estimate of drug-likeness (QED) is 0.316. The van der Waals surface area contributed by atoms with Crippen LogP contribution in [0.5, 0.6) is 11.5 Å². The smallest absolute Gasteiger partial charge is 0.323 e. The number of aryl methyl sites for hydroxylation is 1. The van der Waals surface area contributed by atoms with Gasteiger partial charge in [-0.2, -0.15) is 4.98 Å². The fourth-order valence-corrected chi connectivity index (χ4v) is 3.85. The van der Waals surface area contributed by atoms with Crippen LogP contribution in [0, 0.1) is 6.92 Å². The van der Waals surface area contributed by atoms with E-state index in [1.54, 1.807) is 30.2 Å². The maximum atomic E-state index is 12.9. The van der Waals surface area contributed by atoms with Crippen molar-refractivity contribution >= 4 is 17.6 Å². The van der Waals surface area contributed by atoms with Crippen molar-refractivity contribution in [3.05, 3.63) is 71.8 Å². The number of benzene rings is 3. The number of ether oxygens (including phenoxy) is 2. The zero-order chi connectivity index (χ0) is 27.2. The van der Waals surface area contributed by atoms with E-state index in [-0.39, 0.29) is 5.91 Å². The minimum absolute atomic E-state index is 0.207. The molecule has 0 atom stereocenters. The molecule has 0 aliphatic rings. The van der Waals surface area contributed by atoms with Gasteiger partial charge in [-0.1, -0.05) is 29.4 Å². The fraction of sp³-hybridized carbons (Fsp3) is 0.276. The molecule has 0 aliphatic carbocycles. The van der Waals surface area contributed by atoms with Gasteiger partial charge in [-0.25, -0.2) is 0 Å². The highest BCUT2D eigenvalue weighted by atomic mass is 16.5. The lowest BCUT2D eigenvalue weighted by Gasteiger charge is -2.15. The molecule has 0 spiro atoms. The Morgan fingerprint density at radius 3 is 2.32 bits per heavy atom. The molecule has 1 aromatic heterocycles. The maximum absolute atomic E-state index is 12.9. The Balaban J connectivity index is 1.45. The first-order chi connectivity index (χ1) is 18.2. The van der Waals surface area contributed by atoms with E-state index in [1.807, 2.05) is 82.5 Å². The minimum Gasteiger partial charge on any atom is -0.493 e. The van der Waals surface area contributed by atoms with Crippen LogP contribution in [0.25, 0.3) is 22.5 Å². The molecule has 0 fully saturated rings. The molecular weight excluding hydrogens is 482 g/mol. The number of aromatic nitrogens is 2. The summed E-state index contributed by atoms with van der Waals surface area (Å²) in [7, 11) is 9.26. The molecule has 0 bridgehead atoms. The molecule has 38 heavy (non-hydrogen) atoms. The molecule has 1 N–H and O–H groups in total. The Kier molecular flexibility index (Phi) is 8.28. The largest absolute Gasteiger partial charge is 0.493 e. The normalized spacial score (nSPS) is 10.9. The van der Waals surface area contributed by atoms with Crippen molar-refractivity contribution < 1.29 is 18.8 Å². The summed E-state index contributed by atoms with van der Waals surface area (Å²) in [6, 6.07) is 19.4. The van der Waals surface area contributed by atoms with E-state index < -0.39 is 0 Å². The molecule has 9 heteroatoms. The fourth-order valence-electron chi connectivity index (χ4n) is 3.85. The van der Waals surface area contributed by atoms with Crippen molar-refractivity contribution in [2.24, 2.45) is 0 Å². The van der Waals surface area contributed by atoms with Crippen LogP contribution in [-0.4, -0.2) is 69.4 Å². The number of carbonyl (C=O) groups is 1. The van der Waals surface area contributed by atoms with Gasteiger partial charge in [0.25, 0.3) is 5.91 Å². The monoisotopic (exact) mass is 515 g/mol. The zero-order valence-corrected chi connectivity index (χ0v) is 22.6. The van der Waals surface area contributed by atoms with E-state index in [1.165, 1.54) is 0 Å². The van der Waals surface area contributed by atoms with Crippen molar-refractivity contribution in [2.75, 3.05) is 58.7 Å². The SMILES string of the molecule is COc1ccc(NC(=O)c2ccc(-c3ccc(-c4noc(N(C)C)n4)cc3C)cc2)cc1OCCN(C)C. The van der Waals surface area contributed by atoms with Crippen molar-refractivity contribution in [3.63, 3.8) is 0 Å². The highest BCUT2D eigenvalue weighted by Gasteiger charge is 2.13. The average Bonchev–Trinajstić information content (AvgIpc) is 3.40. The standard InChI is InChI=1S/C29H33N5O4/c1-19-17-22(27-31-29(34(4)5)38-32-27)11-13-24(19)20-7-9-21(10-8-20)28(35)30-23-12-14-25(36-6)26(18-23)37-16-15-33(2)3/h7-14,17-18H,15-16H2,1-6H3,(H,30,35). The molecule has 9 nitrogen and oxygen atoms in total. The third-order valence-corrected chi connectivity index (χ3v) is 5.96. The Bertz CT molecular complexity index is 1400. The van der Waals surface area contributed by atoms with E-state index in [4.69, 9.17) is 14.0 Å². The second kappa shape index (κ2) is 11.8. The number of hydrogen-bond acceptors (Lipinski definition) is 8. The third-order valence-electron chi connectivity index (χ3n) is 5.96. The zero-order valence-electron chi connectivity index (χ0n) is 22.6. The number of anilines is 2. The summed E-state index contributed by atoms with van der Waals surface area (Å²) in [4.78, 5) is 21.1. The van der Waals surface area contributed by atoms with Gasteiger partial charge >= 0.3 is 6.01 Å². The summed E-state index contributed by atoms with van der Waals surface area (Å²) in [5, 5.41) is 7.01. The number of methoxy groups -OCH3 is 1. The first-order valence-corrected chi connectivity index (χ1v) is 12.2. The van der Waals surface area contributed by atoms with Gasteiger partial charge in [0.15, 0.2) is 11.5 Å². The molecule has 198 valence electrons. The topological polar surface area (TPSA) is 93.0 Å². The number of nitrogens with one attached hydrogen (secondary N) is 1. The molecule has 0 radical (unpaired) electrons. The number of nitrogens with zero attached hydrogens (tertiary/aromatic N) is 4. The van der Waals surface area contributed by atoms with Crippen LogP contribution in [0.2, 0.25) is 0 Å². The molecule has 1 amide bonds. The summed E-state index contributed by atoms with van der Waals surface area (Å²) < 4.78 is 16.5. The summed E-state index contributed by atoms with van der Waals surface area (Å²) in [6.07, 6.45) is 0. The van der Waals surface area contributed by atoms with Gasteiger partial charge in [-0.05, 0) is 68.0 Å². The molecule has 0 saturated carbocycles. The number of likely N-dealkylation sites (N-methyl/N-ethyl adjacent to an activating group) is 1. The number of carbonyl (C=O) groups excluding carboxylic acids is 1. The number of amides is 1. The predicted octanol–water partition coefficient (Wildman–Crippen LogP) is 4.98. The van der Waals surface area contributed by atoms with Gasteiger partial charge in [0.05, 0.1) is 7.11 Å². The second-order valence-corrected chi connectivity index (χ2v) is 9.37.